The summed E-state index contributed by atoms with van der Waals surface area (Å²) in [5.41, 5.74) is 4.47. The summed E-state index contributed by atoms with van der Waals surface area (Å²) >= 11 is 6.70. The van der Waals surface area contributed by atoms with Crippen LogP contribution in [0.3, 0.4) is 0 Å². The smallest absolute Gasteiger partial charge is 0.412 e. The molecule has 0 bridgehead atoms. The summed E-state index contributed by atoms with van der Waals surface area (Å²) < 4.78 is 11.8. The number of anilines is 1. The maximum atomic E-state index is 14.2. The van der Waals surface area contributed by atoms with Crippen LogP contribution in [0.2, 0.25) is 5.02 Å². The number of esters is 1. The Morgan fingerprint density at radius 1 is 0.870 bits per heavy atom. The number of benzene rings is 5. The van der Waals surface area contributed by atoms with E-state index in [-0.39, 0.29) is 12.5 Å². The predicted octanol–water partition coefficient (Wildman–Crippen LogP) is 8.38. The molecule has 1 fully saturated rings. The van der Waals surface area contributed by atoms with Crippen molar-refractivity contribution in [3.63, 3.8) is 0 Å². The molecule has 54 heavy (non-hydrogen) atoms. The molecule has 0 spiro atoms. The normalized spacial score (nSPS) is 14.2. The number of hydrogen-bond acceptors (Lipinski definition) is 7. The molecule has 1 atom stereocenters. The number of nitrogens with zero attached hydrogens (tertiary/aromatic N) is 4. The van der Waals surface area contributed by atoms with Crippen molar-refractivity contribution in [2.24, 2.45) is 5.92 Å². The van der Waals surface area contributed by atoms with Gasteiger partial charge in [-0.1, -0.05) is 109 Å². The van der Waals surface area contributed by atoms with Crippen LogP contribution in [0.4, 0.5) is 10.6 Å². The largest absolute Gasteiger partial charge is 0.428 e. The first-order chi connectivity index (χ1) is 26.3. The molecule has 6 aromatic rings. The van der Waals surface area contributed by atoms with Crippen molar-refractivity contribution in [1.29, 1.82) is 5.26 Å². The van der Waals surface area contributed by atoms with Crippen LogP contribution in [0.25, 0.3) is 22.0 Å². The summed E-state index contributed by atoms with van der Waals surface area (Å²) in [6.45, 7) is 1.25. The number of rotatable bonds is 9. The lowest BCUT2D eigenvalue weighted by atomic mass is 9.77. The van der Waals surface area contributed by atoms with Gasteiger partial charge in [-0.3, -0.25) is 9.59 Å². The van der Waals surface area contributed by atoms with Crippen LogP contribution in [-0.2, 0) is 24.6 Å². The summed E-state index contributed by atoms with van der Waals surface area (Å²) in [7, 11) is 0. The Labute approximate surface area is 317 Å². The zero-order chi connectivity index (χ0) is 37.7. The Balaban J connectivity index is 1.39. The summed E-state index contributed by atoms with van der Waals surface area (Å²) in [6.07, 6.45) is 0.456. The molecule has 1 N–H and O–H groups in total. The number of likely N-dealkylation sites (tertiary alicyclic amines) is 1. The van der Waals surface area contributed by atoms with Gasteiger partial charge in [0.1, 0.15) is 5.54 Å². The number of nitriles is 1. The second kappa shape index (κ2) is 15.7. The molecule has 0 unspecified atom stereocenters. The second-order valence-electron chi connectivity index (χ2n) is 13.0. The monoisotopic (exact) mass is 737 g/mol. The van der Waals surface area contributed by atoms with Crippen LogP contribution in [0.1, 0.15) is 42.0 Å². The van der Waals surface area contributed by atoms with E-state index in [1.165, 1.54) is 11.8 Å². The number of fused-ring (bicyclic) bond motifs is 1. The van der Waals surface area contributed by atoms with E-state index in [2.05, 4.69) is 47.8 Å². The topological polar surface area (TPSA) is 127 Å². The van der Waals surface area contributed by atoms with Gasteiger partial charge in [-0.2, -0.15) is 10.4 Å². The number of carbonyl (C=O) groups is 3. The quantitative estimate of drug-likeness (QED) is 0.0898. The van der Waals surface area contributed by atoms with Gasteiger partial charge in [-0.15, -0.1) is 0 Å². The Hall–Kier alpha value is -6.44. The summed E-state index contributed by atoms with van der Waals surface area (Å²) in [5.74, 6) is -1.11. The SMILES string of the molecule is CC(=O)OCOC(=O)N1CCC[C@@H](C(=O)Nc2nn(C(c3ccccc3)(c3ccccc3)c3ccccc3)c3ccc(-c4cc(C#N)ccc4Cl)cc23)C1. The number of nitrogens with one attached hydrogen (secondary N) is 1. The predicted molar refractivity (Wildman–Crippen MR) is 206 cm³/mol. The number of amides is 2. The highest BCUT2D eigenvalue weighted by Crippen LogP contribution is 2.44. The van der Waals surface area contributed by atoms with Gasteiger partial charge in [0.25, 0.3) is 0 Å². The van der Waals surface area contributed by atoms with Gasteiger partial charge < -0.3 is 19.7 Å². The van der Waals surface area contributed by atoms with Crippen molar-refractivity contribution in [2.75, 3.05) is 25.2 Å². The molecule has 2 amide bonds. The minimum atomic E-state index is -0.988. The van der Waals surface area contributed by atoms with E-state index in [9.17, 15) is 19.6 Å². The summed E-state index contributed by atoms with van der Waals surface area (Å²) in [6, 6.07) is 43.5. The lowest BCUT2D eigenvalue weighted by molar-refractivity contribution is -0.149. The molecule has 0 aliphatic carbocycles. The van der Waals surface area contributed by atoms with Gasteiger partial charge in [0.2, 0.25) is 12.7 Å². The maximum Gasteiger partial charge on any atom is 0.412 e. The first-order valence-electron chi connectivity index (χ1n) is 17.6. The average Bonchev–Trinajstić information content (AvgIpc) is 3.56. The third kappa shape index (κ3) is 7.01. The van der Waals surface area contributed by atoms with Crippen molar-refractivity contribution in [1.82, 2.24) is 14.7 Å². The number of aromatic nitrogens is 2. The lowest BCUT2D eigenvalue weighted by Gasteiger charge is -2.37. The molecule has 1 aliphatic rings. The van der Waals surface area contributed by atoms with Crippen LogP contribution >= 0.6 is 11.6 Å². The molecule has 270 valence electrons. The van der Waals surface area contributed by atoms with Crippen molar-refractivity contribution >= 4 is 46.3 Å². The van der Waals surface area contributed by atoms with Gasteiger partial charge in [-0.05, 0) is 65.4 Å². The van der Waals surface area contributed by atoms with Crippen LogP contribution in [0, 0.1) is 17.2 Å². The van der Waals surface area contributed by atoms with Crippen LogP contribution in [0.5, 0.6) is 0 Å². The Bertz CT molecular complexity index is 2260. The third-order valence-electron chi connectivity index (χ3n) is 9.72. The van der Waals surface area contributed by atoms with Crippen LogP contribution in [0.15, 0.2) is 127 Å². The number of halogens is 1. The van der Waals surface area contributed by atoms with Crippen LogP contribution < -0.4 is 5.32 Å². The number of ether oxygens (including phenoxy) is 2. The highest BCUT2D eigenvalue weighted by Gasteiger charge is 2.41. The van der Waals surface area contributed by atoms with Crippen molar-refractivity contribution < 1.29 is 23.9 Å². The minimum Gasteiger partial charge on any atom is -0.428 e. The first-order valence-corrected chi connectivity index (χ1v) is 17.9. The number of carbonyl (C=O) groups excluding carboxylic acids is 3. The fourth-order valence-electron chi connectivity index (χ4n) is 7.18. The van der Waals surface area contributed by atoms with E-state index < -0.39 is 30.3 Å². The van der Waals surface area contributed by atoms with E-state index in [0.29, 0.717) is 46.7 Å². The molecule has 1 saturated heterocycles. The molecule has 2 heterocycles. The van der Waals surface area contributed by atoms with Crippen LogP contribution in [-0.4, -0.2) is 52.5 Å². The molecule has 10 nitrogen and oxygen atoms in total. The van der Waals surface area contributed by atoms with Gasteiger partial charge >= 0.3 is 12.1 Å². The first kappa shape index (κ1) is 35.9. The molecule has 7 rings (SSSR count). The van der Waals surface area contributed by atoms with Crippen molar-refractivity contribution in [2.45, 2.75) is 25.3 Å². The van der Waals surface area contributed by atoms with E-state index in [1.54, 1.807) is 18.2 Å². The van der Waals surface area contributed by atoms with Gasteiger partial charge in [-0.25, -0.2) is 9.48 Å². The number of piperidine rings is 1. The molecule has 0 saturated carbocycles. The van der Waals surface area contributed by atoms with E-state index >= 15 is 0 Å². The van der Waals surface area contributed by atoms with Crippen molar-refractivity contribution in [3.05, 3.63) is 155 Å². The van der Waals surface area contributed by atoms with Gasteiger partial charge in [0.15, 0.2) is 5.82 Å². The standard InChI is InChI=1S/C43H36ClN5O5/c1-29(50)53-28-54-42(52)48-23-11-12-32(27-48)41(51)46-40-37-25-31(36-24-30(26-45)19-21-38(36)44)20-22-39(37)49(47-40)43(33-13-5-2-6-14-33,34-15-7-3-8-16-34)35-17-9-4-10-18-35/h2-10,13-22,24-25,32H,11-12,23,27-28H2,1H3,(H,46,47,51)/t32-/m1/s1. The average molecular weight is 738 g/mol. The highest BCUT2D eigenvalue weighted by molar-refractivity contribution is 6.33. The molecule has 0 radical (unpaired) electrons. The minimum absolute atomic E-state index is 0.118. The highest BCUT2D eigenvalue weighted by atomic mass is 35.5. The Morgan fingerprint density at radius 3 is 2.09 bits per heavy atom. The van der Waals surface area contributed by atoms with Crippen molar-refractivity contribution in [3.8, 4) is 17.2 Å². The fraction of sp³-hybridized carbons (Fsp3) is 0.186. The number of hydrogen-bond donors (Lipinski definition) is 1. The zero-order valence-corrected chi connectivity index (χ0v) is 30.2. The Kier molecular flexibility index (Phi) is 10.4. The molecular formula is C43H36ClN5O5. The second-order valence-corrected chi connectivity index (χ2v) is 13.5. The van der Waals surface area contributed by atoms with E-state index in [0.717, 1.165) is 27.8 Å². The van der Waals surface area contributed by atoms with Gasteiger partial charge in [0, 0.05) is 36.0 Å². The lowest BCUT2D eigenvalue weighted by Crippen LogP contribution is -2.44. The zero-order valence-electron chi connectivity index (χ0n) is 29.4. The Morgan fingerprint density at radius 2 is 1.50 bits per heavy atom. The molecule has 1 aromatic heterocycles. The molecule has 11 heteroatoms. The fourth-order valence-corrected chi connectivity index (χ4v) is 7.41. The summed E-state index contributed by atoms with van der Waals surface area (Å²) in [4.78, 5) is 39.6. The molecule has 5 aromatic carbocycles. The van der Waals surface area contributed by atoms with E-state index in [1.807, 2.05) is 77.5 Å². The third-order valence-corrected chi connectivity index (χ3v) is 10.0. The van der Waals surface area contributed by atoms with Gasteiger partial charge in [0.05, 0.1) is 23.1 Å². The maximum absolute atomic E-state index is 14.2. The summed E-state index contributed by atoms with van der Waals surface area (Å²) in [5, 5.41) is 19.2. The molecular weight excluding hydrogens is 702 g/mol. The van der Waals surface area contributed by atoms with E-state index in [4.69, 9.17) is 26.2 Å². The molecule has 1 aliphatic heterocycles.